The van der Waals surface area contributed by atoms with Crippen LogP contribution >= 0.6 is 0 Å². The van der Waals surface area contributed by atoms with Gasteiger partial charge in [0, 0.05) is 46.7 Å². The molecule has 1 radical (unpaired) electrons. The molecule has 0 aromatic heterocycles. The van der Waals surface area contributed by atoms with Crippen molar-refractivity contribution in [3.05, 3.63) is 59.7 Å². The van der Waals surface area contributed by atoms with Crippen LogP contribution in [0.15, 0.2) is 48.5 Å². The molecule has 2 N–H and O–H groups in total. The predicted octanol–water partition coefficient (Wildman–Crippen LogP) is 2.33. The van der Waals surface area contributed by atoms with Crippen LogP contribution in [-0.2, 0) is 0 Å². The number of rotatable bonds is 2. The summed E-state index contributed by atoms with van der Waals surface area (Å²) in [4.78, 5) is 11.9. The Labute approximate surface area is 127 Å². The third kappa shape index (κ3) is 3.43. The minimum Gasteiger partial charge on any atom is -0.508 e. The summed E-state index contributed by atoms with van der Waals surface area (Å²) in [7, 11) is 0. The van der Waals surface area contributed by atoms with Crippen molar-refractivity contribution in [2.75, 3.05) is 0 Å². The van der Waals surface area contributed by atoms with Crippen molar-refractivity contribution in [3.8, 4) is 11.5 Å². The molecule has 2 aromatic rings. The molecule has 2 rings (SSSR count). The molecule has 0 spiro atoms. The Morgan fingerprint density at radius 3 is 1.29 bits per heavy atom. The Kier molecular flexibility index (Phi) is 4.93. The van der Waals surface area contributed by atoms with Gasteiger partial charge < -0.3 is 10.2 Å². The third-order valence-corrected chi connectivity index (χ3v) is 2.26. The van der Waals surface area contributed by atoms with E-state index in [1.54, 1.807) is 24.3 Å². The summed E-state index contributed by atoms with van der Waals surface area (Å²) < 4.78 is 0. The van der Waals surface area contributed by atoms with Crippen LogP contribution in [0.25, 0.3) is 0 Å². The summed E-state index contributed by atoms with van der Waals surface area (Å²) in [5.74, 6) is 0.115. The SMILES string of the molecule is O=C(c1ccc(O)cc1)c1ccc(O)cc1.[La]. The minimum atomic E-state index is -0.139. The van der Waals surface area contributed by atoms with Crippen LogP contribution in [-0.4, -0.2) is 16.0 Å². The van der Waals surface area contributed by atoms with E-state index in [-0.39, 0.29) is 52.9 Å². The van der Waals surface area contributed by atoms with Crippen LogP contribution in [0.1, 0.15) is 15.9 Å². The maximum Gasteiger partial charge on any atom is 0.193 e. The molecule has 0 aliphatic rings. The summed E-state index contributed by atoms with van der Waals surface area (Å²) in [5.41, 5.74) is 1.01. The second kappa shape index (κ2) is 6.01. The van der Waals surface area contributed by atoms with Crippen molar-refractivity contribution in [3.63, 3.8) is 0 Å². The van der Waals surface area contributed by atoms with Crippen molar-refractivity contribution in [1.29, 1.82) is 0 Å². The summed E-state index contributed by atoms with van der Waals surface area (Å²) in [6.45, 7) is 0. The fraction of sp³-hybridized carbons (Fsp3) is 0. The summed E-state index contributed by atoms with van der Waals surface area (Å²) in [6.07, 6.45) is 0. The monoisotopic (exact) mass is 353 g/mol. The molecule has 0 fully saturated rings. The summed E-state index contributed by atoms with van der Waals surface area (Å²) in [5, 5.41) is 18.2. The van der Waals surface area contributed by atoms with Gasteiger partial charge >= 0.3 is 0 Å². The summed E-state index contributed by atoms with van der Waals surface area (Å²) in [6, 6.07) is 12.1. The van der Waals surface area contributed by atoms with Crippen LogP contribution in [0, 0.1) is 35.6 Å². The van der Waals surface area contributed by atoms with E-state index >= 15 is 0 Å². The second-order valence-electron chi connectivity index (χ2n) is 3.42. The van der Waals surface area contributed by atoms with Gasteiger partial charge in [-0.25, -0.2) is 0 Å². The average molecular weight is 353 g/mol. The third-order valence-electron chi connectivity index (χ3n) is 2.26. The largest absolute Gasteiger partial charge is 0.508 e. The van der Waals surface area contributed by atoms with Crippen LogP contribution in [0.5, 0.6) is 11.5 Å². The molecule has 0 atom stereocenters. The topological polar surface area (TPSA) is 57.5 Å². The first-order valence-electron chi connectivity index (χ1n) is 4.79. The van der Waals surface area contributed by atoms with Gasteiger partial charge in [0.1, 0.15) is 11.5 Å². The molecule has 0 saturated heterocycles. The molecule has 4 heteroatoms. The number of benzene rings is 2. The minimum absolute atomic E-state index is 0. The molecule has 3 nitrogen and oxygen atoms in total. The maximum atomic E-state index is 11.9. The van der Waals surface area contributed by atoms with Crippen molar-refractivity contribution >= 4 is 5.78 Å². The molecule has 0 saturated carbocycles. The normalized spacial score (nSPS) is 9.41. The van der Waals surface area contributed by atoms with E-state index in [2.05, 4.69) is 0 Å². The van der Waals surface area contributed by atoms with E-state index in [1.807, 2.05) is 0 Å². The number of aromatic hydroxyl groups is 2. The predicted molar refractivity (Wildman–Crippen MR) is 59.6 cm³/mol. The Balaban J connectivity index is 0.00000144. The molecule has 0 bridgehead atoms. The molecule has 17 heavy (non-hydrogen) atoms. The zero-order valence-electron chi connectivity index (χ0n) is 9.00. The van der Waals surface area contributed by atoms with Crippen molar-refractivity contribution in [2.45, 2.75) is 0 Å². The Hall–Kier alpha value is -1.10. The molecule has 0 aliphatic carbocycles. The fourth-order valence-corrected chi connectivity index (χ4v) is 1.39. The van der Waals surface area contributed by atoms with Gasteiger partial charge in [-0.3, -0.25) is 4.79 Å². The number of carbonyl (C=O) groups excluding carboxylic acids is 1. The molecule has 0 aliphatic heterocycles. The van der Waals surface area contributed by atoms with Crippen molar-refractivity contribution in [2.24, 2.45) is 0 Å². The van der Waals surface area contributed by atoms with Gasteiger partial charge in [-0.2, -0.15) is 0 Å². The van der Waals surface area contributed by atoms with Gasteiger partial charge in [0.15, 0.2) is 5.78 Å². The van der Waals surface area contributed by atoms with Gasteiger partial charge in [0.25, 0.3) is 0 Å². The number of ketones is 1. The smallest absolute Gasteiger partial charge is 0.193 e. The molecular weight excluding hydrogens is 343 g/mol. The van der Waals surface area contributed by atoms with Gasteiger partial charge in [-0.15, -0.1) is 0 Å². The first kappa shape index (κ1) is 14.0. The van der Waals surface area contributed by atoms with E-state index in [1.165, 1.54) is 24.3 Å². The first-order chi connectivity index (χ1) is 7.66. The molecule has 83 valence electrons. The Bertz CT molecular complexity index is 456. The average Bonchev–Trinajstić information content (AvgIpc) is 2.30. The molecule has 2 aromatic carbocycles. The van der Waals surface area contributed by atoms with Crippen LogP contribution in [0.2, 0.25) is 0 Å². The van der Waals surface area contributed by atoms with Gasteiger partial charge in [-0.1, -0.05) is 0 Å². The van der Waals surface area contributed by atoms with E-state index in [0.717, 1.165) is 0 Å². The van der Waals surface area contributed by atoms with E-state index in [4.69, 9.17) is 10.2 Å². The fourth-order valence-electron chi connectivity index (χ4n) is 1.39. The number of phenolic OH excluding ortho intramolecular Hbond substituents is 2. The van der Waals surface area contributed by atoms with Crippen molar-refractivity contribution < 1.29 is 50.6 Å². The Morgan fingerprint density at radius 2 is 1.00 bits per heavy atom. The van der Waals surface area contributed by atoms with Gasteiger partial charge in [0.05, 0.1) is 0 Å². The van der Waals surface area contributed by atoms with Gasteiger partial charge in [-0.05, 0) is 48.5 Å². The number of hydrogen-bond donors (Lipinski definition) is 2. The van der Waals surface area contributed by atoms with Crippen LogP contribution < -0.4 is 0 Å². The quantitative estimate of drug-likeness (QED) is 0.815. The summed E-state index contributed by atoms with van der Waals surface area (Å²) >= 11 is 0. The number of phenols is 2. The standard InChI is InChI=1S/C13H10O3.La/c14-11-5-1-9(2-6-11)13(16)10-3-7-12(15)8-4-10;/h1-8,14-15H;. The molecule has 0 amide bonds. The molecule has 0 heterocycles. The van der Waals surface area contributed by atoms with Crippen LogP contribution in [0.4, 0.5) is 0 Å². The zero-order valence-corrected chi connectivity index (χ0v) is 12.6. The van der Waals surface area contributed by atoms with E-state index in [0.29, 0.717) is 11.1 Å². The second-order valence-corrected chi connectivity index (χ2v) is 3.42. The Morgan fingerprint density at radius 1 is 0.706 bits per heavy atom. The zero-order chi connectivity index (χ0) is 11.5. The van der Waals surface area contributed by atoms with Crippen molar-refractivity contribution in [1.82, 2.24) is 0 Å². The van der Waals surface area contributed by atoms with Gasteiger partial charge in [0.2, 0.25) is 0 Å². The maximum absolute atomic E-state index is 11.9. The number of hydrogen-bond acceptors (Lipinski definition) is 3. The molecule has 0 unspecified atom stereocenters. The van der Waals surface area contributed by atoms with E-state index in [9.17, 15) is 4.79 Å². The molecular formula is C13H10LaO3. The number of carbonyl (C=O) groups is 1. The van der Waals surface area contributed by atoms with E-state index < -0.39 is 0 Å². The van der Waals surface area contributed by atoms with Crippen LogP contribution in [0.3, 0.4) is 0 Å². The first-order valence-corrected chi connectivity index (χ1v) is 4.79.